The molecule has 0 fully saturated rings. The number of rotatable bonds is 6. The number of hydrogen-bond acceptors (Lipinski definition) is 3. The third kappa shape index (κ3) is 5.03. The first kappa shape index (κ1) is 15.7. The van der Waals surface area contributed by atoms with Crippen molar-refractivity contribution >= 4 is 23.2 Å². The molecule has 0 saturated heterocycles. The molecule has 0 unspecified atom stereocenters. The fourth-order valence-electron chi connectivity index (χ4n) is 1.87. The normalized spacial score (nSPS) is 12.8. The zero-order valence-electron chi connectivity index (χ0n) is 11.9. The molecular weight excluding hydrogens is 260 g/mol. The van der Waals surface area contributed by atoms with Gasteiger partial charge in [0.15, 0.2) is 0 Å². The molecule has 2 amide bonds. The quantitative estimate of drug-likeness (QED) is 0.842. The zero-order chi connectivity index (χ0) is 14.5. The molecule has 0 radical (unpaired) electrons. The van der Waals surface area contributed by atoms with Gasteiger partial charge in [-0.3, -0.25) is 9.59 Å². The van der Waals surface area contributed by atoms with Crippen molar-refractivity contribution in [3.05, 3.63) is 22.4 Å². The highest BCUT2D eigenvalue weighted by Gasteiger charge is 2.23. The van der Waals surface area contributed by atoms with E-state index in [1.54, 1.807) is 13.0 Å². The van der Waals surface area contributed by atoms with Crippen LogP contribution in [-0.2, 0) is 4.79 Å². The lowest BCUT2D eigenvalue weighted by atomic mass is 9.98. The van der Waals surface area contributed by atoms with E-state index in [0.29, 0.717) is 4.88 Å². The number of thiophene rings is 1. The first-order valence-electron chi connectivity index (χ1n) is 6.52. The molecule has 1 heterocycles. The van der Waals surface area contributed by atoms with Gasteiger partial charge in [0.25, 0.3) is 5.91 Å². The molecule has 0 aromatic carbocycles. The summed E-state index contributed by atoms with van der Waals surface area (Å²) >= 11 is 1.36. The van der Waals surface area contributed by atoms with Gasteiger partial charge in [-0.05, 0) is 38.6 Å². The Balaban J connectivity index is 2.51. The number of carbonyl (C=O) groups is 2. The van der Waals surface area contributed by atoms with Crippen molar-refractivity contribution in [1.82, 2.24) is 10.6 Å². The molecule has 0 saturated carbocycles. The molecule has 0 bridgehead atoms. The average Bonchev–Trinajstić information content (AvgIpc) is 2.81. The van der Waals surface area contributed by atoms with E-state index in [-0.39, 0.29) is 17.4 Å². The van der Waals surface area contributed by atoms with Crippen LogP contribution in [0, 0.1) is 0 Å². The number of carbonyl (C=O) groups excluding carboxylic acids is 2. The first-order chi connectivity index (χ1) is 8.85. The Labute approximate surface area is 118 Å². The lowest BCUT2D eigenvalue weighted by Crippen LogP contribution is -2.52. The smallest absolute Gasteiger partial charge is 0.261 e. The van der Waals surface area contributed by atoms with Gasteiger partial charge in [0.1, 0.15) is 6.04 Å². The fourth-order valence-corrected chi connectivity index (χ4v) is 2.50. The van der Waals surface area contributed by atoms with Crippen molar-refractivity contribution < 1.29 is 9.59 Å². The van der Waals surface area contributed by atoms with Gasteiger partial charge in [-0.25, -0.2) is 0 Å². The van der Waals surface area contributed by atoms with E-state index in [2.05, 4.69) is 17.6 Å². The molecule has 0 spiro atoms. The fraction of sp³-hybridized carbons (Fsp3) is 0.571. The summed E-state index contributed by atoms with van der Waals surface area (Å²) in [6, 6.07) is 3.02. The summed E-state index contributed by atoms with van der Waals surface area (Å²) < 4.78 is 0. The summed E-state index contributed by atoms with van der Waals surface area (Å²) in [5, 5.41) is 7.50. The van der Waals surface area contributed by atoms with Crippen LogP contribution in [0.1, 0.15) is 50.2 Å². The number of hydrogen-bond donors (Lipinski definition) is 2. The summed E-state index contributed by atoms with van der Waals surface area (Å²) in [6.07, 6.45) is 1.91. The molecule has 2 N–H and O–H groups in total. The standard InChI is InChI=1S/C14H22N2O2S/c1-5-8-14(3,4)16-12(17)10(2)15-13(18)11-7-6-9-19-11/h6-7,9-10H,5,8H2,1-4H3,(H,15,18)(H,16,17)/t10-/m1/s1. The maximum atomic E-state index is 12.0. The van der Waals surface area contributed by atoms with Gasteiger partial charge in [0.2, 0.25) is 5.91 Å². The maximum absolute atomic E-state index is 12.0. The van der Waals surface area contributed by atoms with Crippen LogP contribution in [-0.4, -0.2) is 23.4 Å². The summed E-state index contributed by atoms with van der Waals surface area (Å²) in [5.74, 6) is -0.352. The van der Waals surface area contributed by atoms with Crippen molar-refractivity contribution in [2.24, 2.45) is 0 Å². The second kappa shape index (κ2) is 6.70. The van der Waals surface area contributed by atoms with Gasteiger partial charge in [-0.1, -0.05) is 19.4 Å². The highest BCUT2D eigenvalue weighted by Crippen LogP contribution is 2.11. The predicted molar refractivity (Wildman–Crippen MR) is 78.4 cm³/mol. The van der Waals surface area contributed by atoms with Gasteiger partial charge >= 0.3 is 0 Å². The van der Waals surface area contributed by atoms with Gasteiger partial charge < -0.3 is 10.6 Å². The van der Waals surface area contributed by atoms with Crippen LogP contribution < -0.4 is 10.6 Å². The van der Waals surface area contributed by atoms with E-state index in [9.17, 15) is 9.59 Å². The average molecular weight is 282 g/mol. The van der Waals surface area contributed by atoms with Crippen LogP contribution in [0.5, 0.6) is 0 Å². The molecular formula is C14H22N2O2S. The van der Waals surface area contributed by atoms with Gasteiger partial charge in [-0.2, -0.15) is 0 Å². The van der Waals surface area contributed by atoms with E-state index in [4.69, 9.17) is 0 Å². The minimum atomic E-state index is -0.536. The largest absolute Gasteiger partial charge is 0.349 e. The summed E-state index contributed by atoms with van der Waals surface area (Å²) in [5.41, 5.74) is -0.242. The lowest BCUT2D eigenvalue weighted by molar-refractivity contribution is -0.124. The monoisotopic (exact) mass is 282 g/mol. The van der Waals surface area contributed by atoms with Crippen molar-refractivity contribution in [2.45, 2.75) is 52.1 Å². The second-order valence-corrected chi connectivity index (χ2v) is 6.24. The first-order valence-corrected chi connectivity index (χ1v) is 7.40. The predicted octanol–water partition coefficient (Wildman–Crippen LogP) is 2.56. The van der Waals surface area contributed by atoms with Crippen LogP contribution in [0.15, 0.2) is 17.5 Å². The molecule has 19 heavy (non-hydrogen) atoms. The SMILES string of the molecule is CCCC(C)(C)NC(=O)[C@@H](C)NC(=O)c1cccs1. The molecule has 4 nitrogen and oxygen atoms in total. The molecule has 0 aliphatic heterocycles. The summed E-state index contributed by atoms with van der Waals surface area (Å²) in [4.78, 5) is 24.5. The minimum Gasteiger partial charge on any atom is -0.349 e. The van der Waals surface area contributed by atoms with Crippen LogP contribution in [0.3, 0.4) is 0 Å². The van der Waals surface area contributed by atoms with E-state index < -0.39 is 6.04 Å². The van der Waals surface area contributed by atoms with Gasteiger partial charge in [0, 0.05) is 5.54 Å². The van der Waals surface area contributed by atoms with Crippen LogP contribution >= 0.6 is 11.3 Å². The molecule has 1 atom stereocenters. The molecule has 1 rings (SSSR count). The zero-order valence-corrected chi connectivity index (χ0v) is 12.8. The van der Waals surface area contributed by atoms with Crippen LogP contribution in [0.4, 0.5) is 0 Å². The Kier molecular flexibility index (Phi) is 5.54. The maximum Gasteiger partial charge on any atom is 0.261 e. The summed E-state index contributed by atoms with van der Waals surface area (Å²) in [6.45, 7) is 7.75. The Morgan fingerprint density at radius 2 is 2.11 bits per heavy atom. The Hall–Kier alpha value is -1.36. The summed E-state index contributed by atoms with van der Waals surface area (Å²) in [7, 11) is 0. The minimum absolute atomic E-state index is 0.150. The van der Waals surface area contributed by atoms with Crippen molar-refractivity contribution in [1.29, 1.82) is 0 Å². The Morgan fingerprint density at radius 1 is 1.42 bits per heavy atom. The highest BCUT2D eigenvalue weighted by atomic mass is 32.1. The molecule has 1 aromatic rings. The van der Waals surface area contributed by atoms with Gasteiger partial charge in [-0.15, -0.1) is 11.3 Å². The van der Waals surface area contributed by atoms with E-state index in [1.165, 1.54) is 11.3 Å². The second-order valence-electron chi connectivity index (χ2n) is 5.30. The number of amides is 2. The van der Waals surface area contributed by atoms with E-state index in [1.807, 2.05) is 25.3 Å². The third-order valence-corrected chi connectivity index (χ3v) is 3.69. The molecule has 106 valence electrons. The highest BCUT2D eigenvalue weighted by molar-refractivity contribution is 7.12. The number of nitrogens with one attached hydrogen (secondary N) is 2. The van der Waals surface area contributed by atoms with E-state index >= 15 is 0 Å². The third-order valence-electron chi connectivity index (χ3n) is 2.82. The van der Waals surface area contributed by atoms with Crippen LogP contribution in [0.2, 0.25) is 0 Å². The Morgan fingerprint density at radius 3 is 2.63 bits per heavy atom. The molecule has 0 aliphatic carbocycles. The van der Waals surface area contributed by atoms with E-state index in [0.717, 1.165) is 12.8 Å². The van der Waals surface area contributed by atoms with Crippen molar-refractivity contribution in [2.75, 3.05) is 0 Å². The molecule has 5 heteroatoms. The lowest BCUT2D eigenvalue weighted by Gasteiger charge is -2.27. The van der Waals surface area contributed by atoms with Gasteiger partial charge in [0.05, 0.1) is 4.88 Å². The van der Waals surface area contributed by atoms with Crippen LogP contribution in [0.25, 0.3) is 0 Å². The van der Waals surface area contributed by atoms with Crippen molar-refractivity contribution in [3.8, 4) is 0 Å². The van der Waals surface area contributed by atoms with Crippen molar-refractivity contribution in [3.63, 3.8) is 0 Å². The molecule has 0 aliphatic rings. The Bertz CT molecular complexity index is 427. The molecule has 1 aromatic heterocycles. The topological polar surface area (TPSA) is 58.2 Å².